The van der Waals surface area contributed by atoms with Crippen LogP contribution in [-0.4, -0.2) is 39.4 Å². The van der Waals surface area contributed by atoms with E-state index in [-0.39, 0.29) is 24.2 Å². The topological polar surface area (TPSA) is 80.1 Å². The van der Waals surface area contributed by atoms with Crippen LogP contribution in [0.5, 0.6) is 0 Å². The van der Waals surface area contributed by atoms with Gasteiger partial charge in [0.05, 0.1) is 17.0 Å². The summed E-state index contributed by atoms with van der Waals surface area (Å²) in [5.74, 6) is 0.469. The van der Waals surface area contributed by atoms with Gasteiger partial charge in [-0.3, -0.25) is 14.5 Å². The first-order chi connectivity index (χ1) is 12.6. The molecule has 2 aromatic heterocycles. The highest BCUT2D eigenvalue weighted by atomic mass is 32.1. The number of hydrogen-bond donors (Lipinski definition) is 1. The fourth-order valence-electron chi connectivity index (χ4n) is 3.28. The van der Waals surface area contributed by atoms with Crippen LogP contribution in [0, 0.1) is 5.92 Å². The van der Waals surface area contributed by atoms with Gasteiger partial charge in [-0.2, -0.15) is 0 Å². The molecule has 134 valence electrons. The summed E-state index contributed by atoms with van der Waals surface area (Å²) in [4.78, 5) is 34.9. The van der Waals surface area contributed by atoms with Crippen molar-refractivity contribution in [3.63, 3.8) is 0 Å². The van der Waals surface area contributed by atoms with Gasteiger partial charge in [0.25, 0.3) is 0 Å². The van der Waals surface area contributed by atoms with E-state index in [4.69, 9.17) is 0 Å². The zero-order chi connectivity index (χ0) is 18.1. The van der Waals surface area contributed by atoms with Gasteiger partial charge in [-0.15, -0.1) is 11.3 Å². The molecule has 0 radical (unpaired) electrons. The van der Waals surface area contributed by atoms with Crippen molar-refractivity contribution < 1.29 is 9.59 Å². The summed E-state index contributed by atoms with van der Waals surface area (Å²) in [6.45, 7) is 0.891. The first kappa shape index (κ1) is 16.7. The molecule has 0 aliphatic carbocycles. The minimum Gasteiger partial charge on any atom is -0.355 e. The fourth-order valence-corrected chi connectivity index (χ4v) is 3.95. The normalized spacial score (nSPS) is 17.2. The maximum Gasteiger partial charge on any atom is 0.229 e. The molecule has 4 rings (SSSR count). The number of anilines is 1. The van der Waals surface area contributed by atoms with Crippen molar-refractivity contribution in [1.29, 1.82) is 0 Å². The molecule has 0 bridgehead atoms. The summed E-state index contributed by atoms with van der Waals surface area (Å²) in [7, 11) is 1.98. The molecule has 1 aliphatic heterocycles. The van der Waals surface area contributed by atoms with E-state index in [0.717, 1.165) is 16.9 Å². The average molecular weight is 369 g/mol. The summed E-state index contributed by atoms with van der Waals surface area (Å²) in [6.07, 6.45) is 2.54. The van der Waals surface area contributed by atoms with Gasteiger partial charge >= 0.3 is 0 Å². The Bertz CT molecular complexity index is 950. The Morgan fingerprint density at radius 2 is 2.23 bits per heavy atom. The lowest BCUT2D eigenvalue weighted by atomic mass is 10.1. The maximum absolute atomic E-state index is 12.4. The summed E-state index contributed by atoms with van der Waals surface area (Å²) >= 11 is 1.41. The van der Waals surface area contributed by atoms with Crippen LogP contribution >= 0.6 is 11.3 Å². The summed E-state index contributed by atoms with van der Waals surface area (Å²) in [5.41, 5.74) is 2.03. The van der Waals surface area contributed by atoms with E-state index < -0.39 is 0 Å². The second-order valence-corrected chi connectivity index (χ2v) is 7.21. The minimum atomic E-state index is -0.327. The zero-order valence-electron chi connectivity index (χ0n) is 14.4. The molecule has 3 heterocycles. The molecular formula is C18H19N5O2S. The van der Waals surface area contributed by atoms with Crippen LogP contribution in [0.15, 0.2) is 35.8 Å². The second kappa shape index (κ2) is 6.87. The number of amides is 2. The van der Waals surface area contributed by atoms with Crippen LogP contribution in [-0.2, 0) is 23.1 Å². The summed E-state index contributed by atoms with van der Waals surface area (Å²) in [5, 5.41) is 5.43. The Labute approximate surface area is 154 Å². The standard InChI is InChI=1S/C18H19N5O2S/c1-22-14-5-3-2-4-13(14)21-15(22)6-7-19-17(25)12-10-16(24)23(11-12)18-20-8-9-26-18/h2-5,8-9,12H,6-7,10-11H2,1H3,(H,19,25). The second-order valence-electron chi connectivity index (χ2n) is 6.34. The van der Waals surface area contributed by atoms with Gasteiger partial charge in [0.15, 0.2) is 5.13 Å². The quantitative estimate of drug-likeness (QED) is 0.743. The summed E-state index contributed by atoms with van der Waals surface area (Å²) in [6, 6.07) is 7.96. The van der Waals surface area contributed by atoms with Crippen LogP contribution in [0.3, 0.4) is 0 Å². The molecule has 2 amide bonds. The molecule has 1 fully saturated rings. The number of fused-ring (bicyclic) bond motifs is 1. The monoisotopic (exact) mass is 369 g/mol. The number of imidazole rings is 1. The lowest BCUT2D eigenvalue weighted by molar-refractivity contribution is -0.126. The van der Waals surface area contributed by atoms with Crippen molar-refractivity contribution in [2.75, 3.05) is 18.0 Å². The third kappa shape index (κ3) is 3.08. The zero-order valence-corrected chi connectivity index (χ0v) is 15.2. The number of carbonyl (C=O) groups excluding carboxylic acids is 2. The largest absolute Gasteiger partial charge is 0.355 e. The predicted molar refractivity (Wildman–Crippen MR) is 100 cm³/mol. The number of hydrogen-bond acceptors (Lipinski definition) is 5. The van der Waals surface area contributed by atoms with Crippen LogP contribution < -0.4 is 10.2 Å². The van der Waals surface area contributed by atoms with Crippen molar-refractivity contribution in [3.05, 3.63) is 41.7 Å². The number of benzene rings is 1. The maximum atomic E-state index is 12.4. The van der Waals surface area contributed by atoms with Crippen molar-refractivity contribution in [1.82, 2.24) is 19.9 Å². The van der Waals surface area contributed by atoms with E-state index in [1.54, 1.807) is 11.1 Å². The average Bonchev–Trinajstić information content (AvgIpc) is 3.35. The molecule has 0 spiro atoms. The molecular weight excluding hydrogens is 350 g/mol. The van der Waals surface area contributed by atoms with Gasteiger partial charge in [0.2, 0.25) is 11.8 Å². The Balaban J connectivity index is 1.34. The molecule has 1 unspecified atom stereocenters. The molecule has 8 heteroatoms. The third-order valence-corrected chi connectivity index (χ3v) is 5.47. The molecule has 1 N–H and O–H groups in total. The smallest absolute Gasteiger partial charge is 0.229 e. The Morgan fingerprint density at radius 3 is 3.00 bits per heavy atom. The third-order valence-electron chi connectivity index (χ3n) is 4.67. The van der Waals surface area contributed by atoms with Crippen LogP contribution in [0.1, 0.15) is 12.2 Å². The van der Waals surface area contributed by atoms with Gasteiger partial charge in [-0.1, -0.05) is 12.1 Å². The van der Waals surface area contributed by atoms with Gasteiger partial charge in [-0.05, 0) is 12.1 Å². The Kier molecular flexibility index (Phi) is 4.42. The molecule has 7 nitrogen and oxygen atoms in total. The predicted octanol–water partition coefficient (Wildman–Crippen LogP) is 1.74. The molecule has 3 aromatic rings. The van der Waals surface area contributed by atoms with Crippen molar-refractivity contribution in [2.45, 2.75) is 12.8 Å². The highest BCUT2D eigenvalue weighted by molar-refractivity contribution is 7.13. The van der Waals surface area contributed by atoms with E-state index in [9.17, 15) is 9.59 Å². The van der Waals surface area contributed by atoms with E-state index in [1.165, 1.54) is 11.3 Å². The molecule has 0 saturated carbocycles. The first-order valence-electron chi connectivity index (χ1n) is 8.51. The number of para-hydroxylation sites is 2. The van der Waals surface area contributed by atoms with E-state index in [2.05, 4.69) is 15.3 Å². The highest BCUT2D eigenvalue weighted by Gasteiger charge is 2.36. The van der Waals surface area contributed by atoms with Gasteiger partial charge in [0, 0.05) is 44.6 Å². The van der Waals surface area contributed by atoms with E-state index in [0.29, 0.717) is 24.6 Å². The van der Waals surface area contributed by atoms with Crippen LogP contribution in [0.25, 0.3) is 11.0 Å². The SMILES string of the molecule is Cn1c(CCNC(=O)C2CC(=O)N(c3nccs3)C2)nc2ccccc21. The molecule has 1 aromatic carbocycles. The van der Waals surface area contributed by atoms with E-state index in [1.807, 2.05) is 41.3 Å². The Morgan fingerprint density at radius 1 is 1.38 bits per heavy atom. The molecule has 1 atom stereocenters. The number of thiazole rings is 1. The Hall–Kier alpha value is -2.74. The van der Waals surface area contributed by atoms with E-state index >= 15 is 0 Å². The van der Waals surface area contributed by atoms with Crippen molar-refractivity contribution in [3.8, 4) is 0 Å². The number of aromatic nitrogens is 3. The van der Waals surface area contributed by atoms with Gasteiger partial charge in [0.1, 0.15) is 5.82 Å². The first-order valence-corrected chi connectivity index (χ1v) is 9.39. The number of carbonyl (C=O) groups is 2. The highest BCUT2D eigenvalue weighted by Crippen LogP contribution is 2.26. The molecule has 26 heavy (non-hydrogen) atoms. The van der Waals surface area contributed by atoms with Crippen LogP contribution in [0.4, 0.5) is 5.13 Å². The van der Waals surface area contributed by atoms with Crippen LogP contribution in [0.2, 0.25) is 0 Å². The lowest BCUT2D eigenvalue weighted by Gasteiger charge is -2.13. The molecule has 1 saturated heterocycles. The van der Waals surface area contributed by atoms with Gasteiger partial charge < -0.3 is 9.88 Å². The number of rotatable bonds is 5. The minimum absolute atomic E-state index is 0.0459. The number of nitrogens with zero attached hydrogens (tertiary/aromatic N) is 4. The van der Waals surface area contributed by atoms with Crippen molar-refractivity contribution in [2.24, 2.45) is 13.0 Å². The fraction of sp³-hybridized carbons (Fsp3) is 0.333. The molecule has 1 aliphatic rings. The van der Waals surface area contributed by atoms with Gasteiger partial charge in [-0.25, -0.2) is 9.97 Å². The number of nitrogens with one attached hydrogen (secondary N) is 1. The van der Waals surface area contributed by atoms with Crippen molar-refractivity contribution >= 4 is 39.3 Å². The summed E-state index contributed by atoms with van der Waals surface area (Å²) < 4.78 is 2.05. The lowest BCUT2D eigenvalue weighted by Crippen LogP contribution is -2.34. The number of aryl methyl sites for hydroxylation is 1.